The van der Waals surface area contributed by atoms with Crippen LogP contribution in [0.3, 0.4) is 0 Å². The average Bonchev–Trinajstić information content (AvgIpc) is 2.47. The highest BCUT2D eigenvalue weighted by molar-refractivity contribution is 6.67. The first-order valence-electron chi connectivity index (χ1n) is 3.96. The Hall–Kier alpha value is -1.28. The van der Waals surface area contributed by atoms with Crippen molar-refractivity contribution in [2.24, 2.45) is 0 Å². The molecule has 2 aromatic rings. The molecule has 0 bridgehead atoms. The van der Waals surface area contributed by atoms with Gasteiger partial charge in [-0.25, -0.2) is 0 Å². The summed E-state index contributed by atoms with van der Waals surface area (Å²) in [7, 11) is 0. The van der Waals surface area contributed by atoms with Gasteiger partial charge >= 0.3 is 0 Å². The van der Waals surface area contributed by atoms with E-state index in [1.165, 1.54) is 5.56 Å². The first-order chi connectivity index (χ1) is 6.18. The number of halogens is 1. The van der Waals surface area contributed by atoms with E-state index in [1.807, 2.05) is 19.2 Å². The maximum absolute atomic E-state index is 10.8. The SMILES string of the molecule is Cc1c[nH]c2cc(C(=O)Cl)ccc12. The fourth-order valence-electron chi connectivity index (χ4n) is 1.39. The Bertz CT molecular complexity index is 473. The number of aryl methyl sites for hydroxylation is 1. The Morgan fingerprint density at radius 1 is 1.46 bits per heavy atom. The third kappa shape index (κ3) is 1.33. The Balaban J connectivity index is 2.70. The molecule has 0 aliphatic rings. The Morgan fingerprint density at radius 2 is 2.23 bits per heavy atom. The van der Waals surface area contributed by atoms with Crippen LogP contribution < -0.4 is 0 Å². The molecular weight excluding hydrogens is 186 g/mol. The number of carbonyl (C=O) groups excluding carboxylic acids is 1. The molecule has 0 fully saturated rings. The predicted molar refractivity (Wildman–Crippen MR) is 53.2 cm³/mol. The summed E-state index contributed by atoms with van der Waals surface area (Å²) in [6, 6.07) is 5.40. The quantitative estimate of drug-likeness (QED) is 0.695. The van der Waals surface area contributed by atoms with Crippen LogP contribution in [0.2, 0.25) is 0 Å². The minimum Gasteiger partial charge on any atom is -0.361 e. The van der Waals surface area contributed by atoms with Gasteiger partial charge in [-0.2, -0.15) is 0 Å². The Kier molecular flexibility index (Phi) is 1.85. The number of nitrogens with one attached hydrogen (secondary N) is 1. The lowest BCUT2D eigenvalue weighted by Gasteiger charge is -1.94. The third-order valence-electron chi connectivity index (χ3n) is 2.12. The lowest BCUT2D eigenvalue weighted by Crippen LogP contribution is -1.87. The van der Waals surface area contributed by atoms with Gasteiger partial charge in [-0.3, -0.25) is 4.79 Å². The van der Waals surface area contributed by atoms with E-state index in [2.05, 4.69) is 4.98 Å². The summed E-state index contributed by atoms with van der Waals surface area (Å²) in [4.78, 5) is 13.9. The van der Waals surface area contributed by atoms with Crippen molar-refractivity contribution in [1.82, 2.24) is 4.98 Å². The molecule has 3 heteroatoms. The van der Waals surface area contributed by atoms with Gasteiger partial charge < -0.3 is 4.98 Å². The lowest BCUT2D eigenvalue weighted by atomic mass is 10.1. The smallest absolute Gasteiger partial charge is 0.252 e. The second-order valence-electron chi connectivity index (χ2n) is 3.01. The van der Waals surface area contributed by atoms with Gasteiger partial charge in [-0.05, 0) is 36.2 Å². The van der Waals surface area contributed by atoms with Crippen LogP contribution in [0.15, 0.2) is 24.4 Å². The van der Waals surface area contributed by atoms with Crippen molar-refractivity contribution < 1.29 is 4.79 Å². The monoisotopic (exact) mass is 193 g/mol. The zero-order chi connectivity index (χ0) is 9.42. The molecule has 0 saturated carbocycles. The maximum Gasteiger partial charge on any atom is 0.252 e. The van der Waals surface area contributed by atoms with Crippen LogP contribution >= 0.6 is 11.6 Å². The summed E-state index contributed by atoms with van der Waals surface area (Å²) in [5, 5.41) is 0.704. The molecule has 0 amide bonds. The minimum atomic E-state index is -0.422. The second-order valence-corrected chi connectivity index (χ2v) is 3.35. The van der Waals surface area contributed by atoms with Crippen molar-refractivity contribution in [3.05, 3.63) is 35.5 Å². The molecule has 0 aliphatic carbocycles. The van der Waals surface area contributed by atoms with Crippen molar-refractivity contribution in [1.29, 1.82) is 0 Å². The van der Waals surface area contributed by atoms with E-state index in [9.17, 15) is 4.79 Å². The van der Waals surface area contributed by atoms with Gasteiger partial charge in [0.25, 0.3) is 5.24 Å². The van der Waals surface area contributed by atoms with Crippen LogP contribution in [0.1, 0.15) is 15.9 Å². The zero-order valence-corrected chi connectivity index (χ0v) is 7.85. The molecule has 0 atom stereocenters. The summed E-state index contributed by atoms with van der Waals surface area (Å²) in [5.74, 6) is 0. The van der Waals surface area contributed by atoms with Gasteiger partial charge in [0.05, 0.1) is 0 Å². The van der Waals surface area contributed by atoms with E-state index in [0.717, 1.165) is 10.9 Å². The van der Waals surface area contributed by atoms with Gasteiger partial charge in [0.15, 0.2) is 0 Å². The number of carbonyl (C=O) groups is 1. The van der Waals surface area contributed by atoms with E-state index in [0.29, 0.717) is 5.56 Å². The van der Waals surface area contributed by atoms with Gasteiger partial charge in [-0.1, -0.05) is 6.07 Å². The van der Waals surface area contributed by atoms with Crippen LogP contribution in [-0.2, 0) is 0 Å². The standard InChI is InChI=1S/C10H8ClNO/c1-6-5-12-9-4-7(10(11)13)2-3-8(6)9/h2-5,12H,1H3. The summed E-state index contributed by atoms with van der Waals surface area (Å²) in [6.07, 6.45) is 1.91. The van der Waals surface area contributed by atoms with E-state index in [4.69, 9.17) is 11.6 Å². The number of fused-ring (bicyclic) bond motifs is 1. The number of hydrogen-bond donors (Lipinski definition) is 1. The highest BCUT2D eigenvalue weighted by atomic mass is 35.5. The fourth-order valence-corrected chi connectivity index (χ4v) is 1.51. The van der Waals surface area contributed by atoms with Gasteiger partial charge in [0, 0.05) is 22.7 Å². The van der Waals surface area contributed by atoms with E-state index in [-0.39, 0.29) is 0 Å². The molecule has 1 aromatic carbocycles. The average molecular weight is 194 g/mol. The number of aromatic amines is 1. The number of rotatable bonds is 1. The lowest BCUT2D eigenvalue weighted by molar-refractivity contribution is 0.108. The number of hydrogen-bond acceptors (Lipinski definition) is 1. The summed E-state index contributed by atoms with van der Waals surface area (Å²) in [5.41, 5.74) is 2.64. The van der Waals surface area contributed by atoms with Crippen LogP contribution in [0, 0.1) is 6.92 Å². The maximum atomic E-state index is 10.8. The first-order valence-corrected chi connectivity index (χ1v) is 4.34. The molecule has 1 aromatic heterocycles. The van der Waals surface area contributed by atoms with Crippen molar-refractivity contribution in [3.8, 4) is 0 Å². The van der Waals surface area contributed by atoms with Crippen LogP contribution in [0.4, 0.5) is 0 Å². The topological polar surface area (TPSA) is 32.9 Å². The molecule has 1 heterocycles. The summed E-state index contributed by atoms with van der Waals surface area (Å²) in [6.45, 7) is 2.01. The molecule has 2 nitrogen and oxygen atoms in total. The van der Waals surface area contributed by atoms with Gasteiger partial charge in [0.1, 0.15) is 0 Å². The predicted octanol–water partition coefficient (Wildman–Crippen LogP) is 2.86. The molecular formula is C10H8ClNO. The van der Waals surface area contributed by atoms with Crippen LogP contribution in [0.25, 0.3) is 10.9 Å². The number of aromatic nitrogens is 1. The molecule has 0 saturated heterocycles. The fraction of sp³-hybridized carbons (Fsp3) is 0.100. The largest absolute Gasteiger partial charge is 0.361 e. The molecule has 0 radical (unpaired) electrons. The molecule has 0 spiro atoms. The Labute approximate surface area is 80.5 Å². The van der Waals surface area contributed by atoms with Crippen molar-refractivity contribution in [2.75, 3.05) is 0 Å². The molecule has 0 unspecified atom stereocenters. The minimum absolute atomic E-state index is 0.422. The molecule has 1 N–H and O–H groups in total. The van der Waals surface area contributed by atoms with E-state index >= 15 is 0 Å². The van der Waals surface area contributed by atoms with E-state index in [1.54, 1.807) is 12.1 Å². The first kappa shape index (κ1) is 8.32. The summed E-state index contributed by atoms with van der Waals surface area (Å²) >= 11 is 5.36. The molecule has 13 heavy (non-hydrogen) atoms. The second kappa shape index (κ2) is 2.89. The number of H-pyrrole nitrogens is 1. The highest BCUT2D eigenvalue weighted by Crippen LogP contribution is 2.19. The highest BCUT2D eigenvalue weighted by Gasteiger charge is 2.04. The van der Waals surface area contributed by atoms with Gasteiger partial charge in [-0.15, -0.1) is 0 Å². The zero-order valence-electron chi connectivity index (χ0n) is 7.10. The normalized spacial score (nSPS) is 10.6. The van der Waals surface area contributed by atoms with Crippen molar-refractivity contribution in [3.63, 3.8) is 0 Å². The van der Waals surface area contributed by atoms with E-state index < -0.39 is 5.24 Å². The molecule has 66 valence electrons. The molecule has 2 rings (SSSR count). The van der Waals surface area contributed by atoms with Crippen LogP contribution in [-0.4, -0.2) is 10.2 Å². The number of benzene rings is 1. The Morgan fingerprint density at radius 3 is 2.92 bits per heavy atom. The van der Waals surface area contributed by atoms with Gasteiger partial charge in [0.2, 0.25) is 0 Å². The molecule has 0 aliphatic heterocycles. The van der Waals surface area contributed by atoms with Crippen molar-refractivity contribution >= 4 is 27.7 Å². The third-order valence-corrected chi connectivity index (χ3v) is 2.33. The van der Waals surface area contributed by atoms with Crippen molar-refractivity contribution in [2.45, 2.75) is 6.92 Å². The summed E-state index contributed by atoms with van der Waals surface area (Å²) < 4.78 is 0. The van der Waals surface area contributed by atoms with Crippen LogP contribution in [0.5, 0.6) is 0 Å².